The third-order valence-electron chi connectivity index (χ3n) is 4.77. The van der Waals surface area contributed by atoms with Gasteiger partial charge in [-0.1, -0.05) is 88.0 Å². The molecular weight excluding hydrogens is 350 g/mol. The first-order valence-electron chi connectivity index (χ1n) is 9.21. The molecule has 0 aromatic heterocycles. The zero-order valence-corrected chi connectivity index (χ0v) is 17.3. The van der Waals surface area contributed by atoms with Gasteiger partial charge in [0.1, 0.15) is 12.4 Å². The van der Waals surface area contributed by atoms with Crippen LogP contribution in [-0.4, -0.2) is 27.7 Å². The van der Waals surface area contributed by atoms with Crippen LogP contribution in [0.3, 0.4) is 0 Å². The van der Waals surface area contributed by atoms with Crippen LogP contribution in [0.1, 0.15) is 20.8 Å². The molecule has 0 unspecified atom stereocenters. The van der Waals surface area contributed by atoms with Crippen molar-refractivity contribution in [3.05, 3.63) is 84.8 Å². The molecule has 3 rings (SSSR count). The summed E-state index contributed by atoms with van der Waals surface area (Å²) in [5.74, 6) is 0.734. The van der Waals surface area contributed by atoms with Gasteiger partial charge < -0.3 is 9.16 Å². The molecule has 2 aromatic rings. The molecule has 0 N–H and O–H groups in total. The number of ether oxygens (including phenoxy) is 1. The molecule has 3 nitrogen and oxygen atoms in total. The fraction of sp³-hybridized carbons (Fsp3) is 0.261. The summed E-state index contributed by atoms with van der Waals surface area (Å²) in [7, 11) is -2.56. The third-order valence-corrected chi connectivity index (χ3v) is 9.75. The molecule has 1 heterocycles. The smallest absolute Gasteiger partial charge is 0.261 e. The Kier molecular flexibility index (Phi) is 5.78. The van der Waals surface area contributed by atoms with Crippen molar-refractivity contribution in [3.63, 3.8) is 0 Å². The lowest BCUT2D eigenvalue weighted by Crippen LogP contribution is -2.66. The molecule has 2 aromatic carbocycles. The molecule has 1 aliphatic heterocycles. The van der Waals surface area contributed by atoms with Gasteiger partial charge in [0.15, 0.2) is 0 Å². The summed E-state index contributed by atoms with van der Waals surface area (Å²) < 4.78 is 12.7. The summed E-state index contributed by atoms with van der Waals surface area (Å²) in [6.45, 7) is 11.5. The topological polar surface area (TPSA) is 30.8 Å². The van der Waals surface area contributed by atoms with E-state index < -0.39 is 8.32 Å². The summed E-state index contributed by atoms with van der Waals surface area (Å²) >= 11 is 0. The molecule has 0 saturated heterocycles. The molecule has 1 aliphatic rings. The number of rotatable bonds is 5. The van der Waals surface area contributed by atoms with E-state index in [0.717, 1.165) is 11.3 Å². The standard InChI is InChI=1S/C23H27NO2Si/c1-19-15-24-16-20(25-17-19)18-26-27(23(2,3)4,21-11-7-5-8-12-21)22-13-9-6-10-14-22/h5-16H,1,17-18H2,2-4H3. The highest BCUT2D eigenvalue weighted by molar-refractivity contribution is 6.99. The zero-order valence-electron chi connectivity index (χ0n) is 16.3. The second kappa shape index (κ2) is 8.07. The van der Waals surface area contributed by atoms with Crippen LogP contribution in [0.25, 0.3) is 0 Å². The Bertz CT molecular complexity index is 796. The van der Waals surface area contributed by atoms with E-state index in [1.165, 1.54) is 10.4 Å². The van der Waals surface area contributed by atoms with Gasteiger partial charge in [-0.2, -0.15) is 0 Å². The van der Waals surface area contributed by atoms with E-state index in [1.54, 1.807) is 12.4 Å². The maximum absolute atomic E-state index is 6.84. The second-order valence-corrected chi connectivity index (χ2v) is 12.1. The number of aliphatic imine (C=N–C) groups is 1. The van der Waals surface area contributed by atoms with Crippen molar-refractivity contribution in [2.24, 2.45) is 4.99 Å². The molecular formula is C23H27NO2Si. The lowest BCUT2D eigenvalue weighted by molar-refractivity contribution is 0.185. The van der Waals surface area contributed by atoms with Crippen molar-refractivity contribution in [1.29, 1.82) is 0 Å². The van der Waals surface area contributed by atoms with E-state index in [2.05, 4.69) is 80.9 Å². The van der Waals surface area contributed by atoms with Crippen molar-refractivity contribution in [2.45, 2.75) is 25.8 Å². The third kappa shape index (κ3) is 4.12. The summed E-state index contributed by atoms with van der Waals surface area (Å²) in [6, 6.07) is 21.2. The molecule has 0 aliphatic carbocycles. The quantitative estimate of drug-likeness (QED) is 0.736. The molecule has 27 heavy (non-hydrogen) atoms. The van der Waals surface area contributed by atoms with Crippen LogP contribution in [0, 0.1) is 0 Å². The predicted octanol–water partition coefficient (Wildman–Crippen LogP) is 4.06. The molecule has 0 atom stereocenters. The SMILES string of the molecule is C=C1C=NC=C(CO[Si](c2ccccc2)(c2ccccc2)C(C)(C)C)OC1. The van der Waals surface area contributed by atoms with Gasteiger partial charge in [-0.05, 0) is 15.4 Å². The Balaban J connectivity index is 2.03. The van der Waals surface area contributed by atoms with Gasteiger partial charge in [0, 0.05) is 11.8 Å². The Morgan fingerprint density at radius 2 is 1.56 bits per heavy atom. The Hall–Kier alpha value is -2.43. The molecule has 140 valence electrons. The van der Waals surface area contributed by atoms with Crippen LogP contribution >= 0.6 is 0 Å². The van der Waals surface area contributed by atoms with Crippen LogP contribution in [-0.2, 0) is 9.16 Å². The molecule has 0 amide bonds. The highest BCUT2D eigenvalue weighted by Crippen LogP contribution is 2.37. The Labute approximate surface area is 163 Å². The van der Waals surface area contributed by atoms with E-state index in [-0.39, 0.29) is 5.04 Å². The highest BCUT2D eigenvalue weighted by atomic mass is 28.4. The van der Waals surface area contributed by atoms with Crippen LogP contribution in [0.15, 0.2) is 89.8 Å². The molecule has 0 bridgehead atoms. The van der Waals surface area contributed by atoms with Gasteiger partial charge in [0.05, 0.1) is 12.8 Å². The van der Waals surface area contributed by atoms with Gasteiger partial charge >= 0.3 is 0 Å². The molecule has 0 radical (unpaired) electrons. The summed E-state index contributed by atoms with van der Waals surface area (Å²) in [5.41, 5.74) is 0.853. The van der Waals surface area contributed by atoms with Crippen LogP contribution in [0.5, 0.6) is 0 Å². The fourth-order valence-corrected chi connectivity index (χ4v) is 8.02. The van der Waals surface area contributed by atoms with E-state index in [4.69, 9.17) is 9.16 Å². The van der Waals surface area contributed by atoms with E-state index in [1.807, 2.05) is 12.1 Å². The van der Waals surface area contributed by atoms with Crippen molar-refractivity contribution in [2.75, 3.05) is 13.2 Å². The summed E-state index contributed by atoms with van der Waals surface area (Å²) in [5, 5.41) is 2.45. The molecule has 0 fully saturated rings. The first-order chi connectivity index (χ1) is 12.9. The van der Waals surface area contributed by atoms with E-state index in [0.29, 0.717) is 13.2 Å². The maximum Gasteiger partial charge on any atom is 0.261 e. The van der Waals surface area contributed by atoms with Crippen molar-refractivity contribution in [3.8, 4) is 0 Å². The van der Waals surface area contributed by atoms with Gasteiger partial charge in [0.25, 0.3) is 8.32 Å². The van der Waals surface area contributed by atoms with Crippen LogP contribution in [0.2, 0.25) is 5.04 Å². The average Bonchev–Trinajstić information content (AvgIpc) is 2.87. The minimum absolute atomic E-state index is 0.0616. The molecule has 0 spiro atoms. The first-order valence-corrected chi connectivity index (χ1v) is 11.1. The largest absolute Gasteiger partial charge is 0.489 e. The van der Waals surface area contributed by atoms with E-state index in [9.17, 15) is 0 Å². The van der Waals surface area contributed by atoms with Gasteiger partial charge in [-0.3, -0.25) is 4.99 Å². The summed E-state index contributed by atoms with van der Waals surface area (Å²) in [4.78, 5) is 4.27. The van der Waals surface area contributed by atoms with Crippen LogP contribution < -0.4 is 10.4 Å². The minimum atomic E-state index is -2.56. The van der Waals surface area contributed by atoms with Crippen molar-refractivity contribution < 1.29 is 9.16 Å². The van der Waals surface area contributed by atoms with E-state index >= 15 is 0 Å². The highest BCUT2D eigenvalue weighted by Gasteiger charge is 2.50. The normalized spacial score (nSPS) is 15.1. The Morgan fingerprint density at radius 1 is 1.00 bits per heavy atom. The fourth-order valence-electron chi connectivity index (χ4n) is 3.51. The molecule has 4 heteroatoms. The van der Waals surface area contributed by atoms with Gasteiger partial charge in [-0.15, -0.1) is 0 Å². The van der Waals surface area contributed by atoms with Crippen molar-refractivity contribution in [1.82, 2.24) is 0 Å². The monoisotopic (exact) mass is 377 g/mol. The minimum Gasteiger partial charge on any atom is -0.489 e. The average molecular weight is 378 g/mol. The number of benzene rings is 2. The number of hydrogen-bond acceptors (Lipinski definition) is 3. The van der Waals surface area contributed by atoms with Crippen molar-refractivity contribution >= 4 is 24.9 Å². The van der Waals surface area contributed by atoms with Gasteiger partial charge in [-0.25, -0.2) is 0 Å². The first kappa shape index (κ1) is 19.3. The Morgan fingerprint density at radius 3 is 2.07 bits per heavy atom. The lowest BCUT2D eigenvalue weighted by atomic mass is 10.2. The number of hydrogen-bond donors (Lipinski definition) is 0. The lowest BCUT2D eigenvalue weighted by Gasteiger charge is -2.43. The summed E-state index contributed by atoms with van der Waals surface area (Å²) in [6.07, 6.45) is 3.46. The number of nitrogens with zero attached hydrogens (tertiary/aromatic N) is 1. The van der Waals surface area contributed by atoms with Crippen LogP contribution in [0.4, 0.5) is 0 Å². The molecule has 0 saturated carbocycles. The maximum atomic E-state index is 6.84. The van der Waals surface area contributed by atoms with Gasteiger partial charge in [0.2, 0.25) is 0 Å². The predicted molar refractivity (Wildman–Crippen MR) is 115 cm³/mol. The zero-order chi connectivity index (χ0) is 19.3. The second-order valence-electron chi connectivity index (χ2n) is 7.77.